The Hall–Kier alpha value is -2.39. The predicted octanol–water partition coefficient (Wildman–Crippen LogP) is 2.28. The summed E-state index contributed by atoms with van der Waals surface area (Å²) in [7, 11) is 0. The minimum Gasteiger partial charge on any atom is -0.368 e. The number of fused-ring (bicyclic) bond motifs is 3. The van der Waals surface area contributed by atoms with Crippen LogP contribution < -0.4 is 10.2 Å². The van der Waals surface area contributed by atoms with Crippen molar-refractivity contribution in [3.05, 3.63) is 29.8 Å². The number of amides is 1. The molecule has 1 N–H and O–H groups in total. The van der Waals surface area contributed by atoms with Gasteiger partial charge in [-0.3, -0.25) is 9.59 Å². The van der Waals surface area contributed by atoms with E-state index in [1.165, 1.54) is 12.1 Å². The summed E-state index contributed by atoms with van der Waals surface area (Å²) in [5.41, 5.74) is 2.28. The van der Waals surface area contributed by atoms with Crippen molar-refractivity contribution in [1.29, 1.82) is 5.26 Å². The van der Waals surface area contributed by atoms with E-state index in [1.807, 2.05) is 4.90 Å². The number of nitrogens with one attached hydrogen (secondary N) is 1. The van der Waals surface area contributed by atoms with Crippen LogP contribution >= 0.6 is 0 Å². The van der Waals surface area contributed by atoms with Crippen LogP contribution in [-0.4, -0.2) is 54.4 Å². The number of rotatable bonds is 6. The highest BCUT2D eigenvalue weighted by atomic mass is 16.2. The number of hydrogen-bond acceptors (Lipinski definition) is 5. The number of piperazine rings is 1. The summed E-state index contributed by atoms with van der Waals surface area (Å²) in [5.74, 6) is 0.733. The second-order valence-corrected chi connectivity index (χ2v) is 9.51. The van der Waals surface area contributed by atoms with E-state index < -0.39 is 0 Å². The molecule has 4 aliphatic rings. The number of piperidine rings is 1. The predicted molar refractivity (Wildman–Crippen MR) is 114 cm³/mol. The first-order valence-electron chi connectivity index (χ1n) is 11.4. The maximum Gasteiger partial charge on any atom is 0.223 e. The molecule has 30 heavy (non-hydrogen) atoms. The van der Waals surface area contributed by atoms with Gasteiger partial charge in [0, 0.05) is 50.2 Å². The fourth-order valence-electron chi connectivity index (χ4n) is 5.98. The molecule has 3 heterocycles. The minimum atomic E-state index is -0.266. The third kappa shape index (κ3) is 3.72. The Morgan fingerprint density at radius 1 is 1.20 bits per heavy atom. The molecule has 6 nitrogen and oxygen atoms in total. The summed E-state index contributed by atoms with van der Waals surface area (Å²) < 4.78 is 0. The van der Waals surface area contributed by atoms with Gasteiger partial charge in [0.2, 0.25) is 5.91 Å². The van der Waals surface area contributed by atoms with Gasteiger partial charge in [-0.05, 0) is 55.7 Å². The summed E-state index contributed by atoms with van der Waals surface area (Å²) in [6.45, 7) is 2.57. The summed E-state index contributed by atoms with van der Waals surface area (Å²) in [6.07, 6.45) is 6.07. The fourth-order valence-corrected chi connectivity index (χ4v) is 5.98. The van der Waals surface area contributed by atoms with Gasteiger partial charge in [-0.15, -0.1) is 0 Å². The van der Waals surface area contributed by atoms with Crippen LogP contribution in [0, 0.1) is 23.2 Å². The minimum absolute atomic E-state index is 0.0249. The largest absolute Gasteiger partial charge is 0.368 e. The number of carbonyl (C=O) groups is 2. The molecule has 0 radical (unpaired) electrons. The van der Waals surface area contributed by atoms with E-state index >= 15 is 0 Å². The lowest BCUT2D eigenvalue weighted by Gasteiger charge is -2.38. The highest BCUT2D eigenvalue weighted by Gasteiger charge is 2.42. The molecule has 1 aliphatic carbocycles. The molecule has 5 atom stereocenters. The number of benzene rings is 1. The third-order valence-corrected chi connectivity index (χ3v) is 7.61. The summed E-state index contributed by atoms with van der Waals surface area (Å²) in [5, 5.41) is 13.1. The maximum absolute atomic E-state index is 12.7. The van der Waals surface area contributed by atoms with Crippen molar-refractivity contribution in [2.75, 3.05) is 24.5 Å². The number of ketones is 1. The summed E-state index contributed by atoms with van der Waals surface area (Å²) >= 11 is 0. The zero-order valence-corrected chi connectivity index (χ0v) is 17.4. The van der Waals surface area contributed by atoms with Crippen LogP contribution in [0.2, 0.25) is 0 Å². The number of nitrogens with zero attached hydrogens (tertiary/aromatic N) is 3. The average molecular weight is 407 g/mol. The fraction of sp³-hybridized carbons (Fsp3) is 0.625. The van der Waals surface area contributed by atoms with Crippen molar-refractivity contribution >= 4 is 17.4 Å². The highest BCUT2D eigenvalue weighted by molar-refractivity contribution is 5.85. The number of nitriles is 1. The maximum atomic E-state index is 12.7. The van der Waals surface area contributed by atoms with Crippen molar-refractivity contribution in [3.63, 3.8) is 0 Å². The molecule has 1 aromatic rings. The topological polar surface area (TPSA) is 76.4 Å². The molecule has 4 fully saturated rings. The molecule has 1 amide bonds. The van der Waals surface area contributed by atoms with Gasteiger partial charge < -0.3 is 15.1 Å². The molecule has 1 aromatic carbocycles. The molecule has 0 spiro atoms. The lowest BCUT2D eigenvalue weighted by atomic mass is 9.88. The zero-order valence-electron chi connectivity index (χ0n) is 17.4. The average Bonchev–Trinajstić information content (AvgIpc) is 3.50. The zero-order chi connectivity index (χ0) is 20.7. The Balaban J connectivity index is 1.17. The lowest BCUT2D eigenvalue weighted by molar-refractivity contribution is -0.129. The molecule has 1 saturated carbocycles. The van der Waals surface area contributed by atoms with Gasteiger partial charge in [-0.2, -0.15) is 5.26 Å². The molecule has 6 heteroatoms. The molecular formula is C24H30N4O2. The number of carbonyl (C=O) groups excluding carboxylic acids is 2. The summed E-state index contributed by atoms with van der Waals surface area (Å²) in [4.78, 5) is 29.0. The normalized spacial score (nSPS) is 31.0. The molecule has 3 saturated heterocycles. The van der Waals surface area contributed by atoms with Gasteiger partial charge in [0.15, 0.2) is 5.78 Å². The SMILES string of the molecule is N#C[C@@H](CC(=O)[C@H]1N[C@@H]2CC[C@H]1C2)Cc1ccc(N2CCN3C(=O)CCC3C2)cc1. The Morgan fingerprint density at radius 2 is 2.03 bits per heavy atom. The van der Waals surface area contributed by atoms with Crippen molar-refractivity contribution in [1.82, 2.24) is 10.2 Å². The number of anilines is 1. The highest BCUT2D eigenvalue weighted by Crippen LogP contribution is 2.36. The van der Waals surface area contributed by atoms with Crippen molar-refractivity contribution in [3.8, 4) is 6.07 Å². The first-order chi connectivity index (χ1) is 14.6. The molecular weight excluding hydrogens is 376 g/mol. The smallest absolute Gasteiger partial charge is 0.223 e. The van der Waals surface area contributed by atoms with E-state index in [4.69, 9.17) is 0 Å². The Kier molecular flexibility index (Phi) is 5.24. The molecule has 5 rings (SSSR count). The Bertz CT molecular complexity index is 861. The van der Waals surface area contributed by atoms with Crippen LogP contribution in [0.5, 0.6) is 0 Å². The van der Waals surface area contributed by atoms with E-state index in [-0.39, 0.29) is 17.7 Å². The van der Waals surface area contributed by atoms with Crippen LogP contribution in [-0.2, 0) is 16.0 Å². The van der Waals surface area contributed by atoms with E-state index in [0.717, 1.165) is 44.5 Å². The molecule has 2 bridgehead atoms. The number of Topliss-reactive ketones (excluding diaryl/α,β-unsaturated/α-hetero) is 1. The van der Waals surface area contributed by atoms with Gasteiger partial charge in [-0.1, -0.05) is 12.1 Å². The molecule has 0 aromatic heterocycles. The lowest BCUT2D eigenvalue weighted by Crippen LogP contribution is -2.51. The van der Waals surface area contributed by atoms with Gasteiger partial charge in [0.1, 0.15) is 0 Å². The quantitative estimate of drug-likeness (QED) is 0.784. The van der Waals surface area contributed by atoms with Crippen molar-refractivity contribution < 1.29 is 9.59 Å². The Labute approximate surface area is 178 Å². The first kappa shape index (κ1) is 19.6. The van der Waals surface area contributed by atoms with Crippen molar-refractivity contribution in [2.24, 2.45) is 11.8 Å². The van der Waals surface area contributed by atoms with Crippen LogP contribution in [0.3, 0.4) is 0 Å². The van der Waals surface area contributed by atoms with E-state index in [1.54, 1.807) is 0 Å². The monoisotopic (exact) mass is 406 g/mol. The van der Waals surface area contributed by atoms with Gasteiger partial charge in [-0.25, -0.2) is 0 Å². The number of hydrogen-bond donors (Lipinski definition) is 1. The van der Waals surface area contributed by atoms with Crippen LogP contribution in [0.4, 0.5) is 5.69 Å². The second kappa shape index (κ2) is 8.03. The molecule has 1 unspecified atom stereocenters. The summed E-state index contributed by atoms with van der Waals surface area (Å²) in [6, 6.07) is 11.6. The van der Waals surface area contributed by atoms with Gasteiger partial charge in [0.25, 0.3) is 0 Å². The molecule has 3 aliphatic heterocycles. The van der Waals surface area contributed by atoms with Gasteiger partial charge >= 0.3 is 0 Å². The van der Waals surface area contributed by atoms with E-state index in [9.17, 15) is 14.9 Å². The van der Waals surface area contributed by atoms with Crippen molar-refractivity contribution in [2.45, 2.75) is 63.1 Å². The van der Waals surface area contributed by atoms with Gasteiger partial charge in [0.05, 0.1) is 18.0 Å². The Morgan fingerprint density at radius 3 is 2.73 bits per heavy atom. The van der Waals surface area contributed by atoms with Crippen LogP contribution in [0.25, 0.3) is 0 Å². The van der Waals surface area contributed by atoms with Crippen LogP contribution in [0.15, 0.2) is 24.3 Å². The van der Waals surface area contributed by atoms with E-state index in [2.05, 4.69) is 40.6 Å². The second-order valence-electron chi connectivity index (χ2n) is 9.51. The first-order valence-corrected chi connectivity index (χ1v) is 11.4. The van der Waals surface area contributed by atoms with E-state index in [0.29, 0.717) is 43.2 Å². The standard InChI is InChI=1S/C24H30N4O2/c25-14-17(12-22(29)24-18-3-4-19(13-18)26-24)11-16-1-5-20(6-2-16)27-9-10-28-21(15-27)7-8-23(28)30/h1-2,5-6,17-19,21,24,26H,3-4,7-13,15H2/t17-,18+,19-,21?,24+/m1/s1. The third-order valence-electron chi connectivity index (χ3n) is 7.61. The van der Waals surface area contributed by atoms with Crippen LogP contribution in [0.1, 0.15) is 44.1 Å². The molecule has 158 valence electrons.